The predicted octanol–water partition coefficient (Wildman–Crippen LogP) is 1.52. The molecule has 0 saturated heterocycles. The first-order valence-electron chi connectivity index (χ1n) is 5.19. The van der Waals surface area contributed by atoms with Gasteiger partial charge in [0.25, 0.3) is 0 Å². The van der Waals surface area contributed by atoms with Crippen LogP contribution in [0.3, 0.4) is 0 Å². The smallest absolute Gasteiger partial charge is 0.157 e. The van der Waals surface area contributed by atoms with Gasteiger partial charge in [-0.15, -0.1) is 11.3 Å². The van der Waals surface area contributed by atoms with E-state index in [0.29, 0.717) is 10.8 Å². The molecule has 1 aromatic rings. The summed E-state index contributed by atoms with van der Waals surface area (Å²) < 4.78 is 27.5. The van der Waals surface area contributed by atoms with Crippen molar-refractivity contribution in [3.8, 4) is 0 Å². The molecule has 0 aromatic carbocycles. The molecule has 0 fully saturated rings. The van der Waals surface area contributed by atoms with Gasteiger partial charge in [0, 0.05) is 23.2 Å². The molecule has 104 valence electrons. The molecule has 2 atom stereocenters. The van der Waals surface area contributed by atoms with E-state index in [1.807, 2.05) is 6.92 Å². The number of hydrogen-bond donors (Lipinski definition) is 1. The molecule has 0 aliphatic heterocycles. The number of hydrogen-bond acceptors (Lipinski definition) is 6. The second kappa shape index (κ2) is 6.90. The molecule has 1 heterocycles. The fraction of sp³-hybridized carbons (Fsp3) is 0.600. The molecule has 0 amide bonds. The second-order valence-electron chi connectivity index (χ2n) is 3.65. The maximum Gasteiger partial charge on any atom is 0.157 e. The van der Waals surface area contributed by atoms with Crippen molar-refractivity contribution < 1.29 is 18.4 Å². The van der Waals surface area contributed by atoms with Gasteiger partial charge in [-0.3, -0.25) is 0 Å². The quantitative estimate of drug-likeness (QED) is 0.610. The van der Waals surface area contributed by atoms with Crippen LogP contribution >= 0.6 is 11.3 Å². The molecule has 1 rings (SSSR count). The maximum absolute atomic E-state index is 11.5. The molecule has 18 heavy (non-hydrogen) atoms. The summed E-state index contributed by atoms with van der Waals surface area (Å²) in [6.07, 6.45) is -0.305. The molecular weight excluding hydrogens is 294 g/mol. The lowest BCUT2D eigenvalue weighted by Crippen LogP contribution is -2.12. The molecule has 5 nitrogen and oxygen atoms in total. The third-order valence-corrected chi connectivity index (χ3v) is 5.76. The Bertz CT molecular complexity index is 483. The maximum atomic E-state index is 11.5. The number of nitrogens with two attached hydrogens (primary N) is 1. The van der Waals surface area contributed by atoms with Gasteiger partial charge in [-0.2, -0.15) is 0 Å². The van der Waals surface area contributed by atoms with Crippen molar-refractivity contribution in [3.05, 3.63) is 16.5 Å². The SMILES string of the molecule is COC(C)OCOCc1sc(S(N)(=O)=S)cc1C. The van der Waals surface area contributed by atoms with Gasteiger partial charge < -0.3 is 14.2 Å². The summed E-state index contributed by atoms with van der Waals surface area (Å²) in [4.78, 5) is 0.946. The molecule has 0 radical (unpaired) electrons. The van der Waals surface area contributed by atoms with Crippen LogP contribution in [0, 0.1) is 6.92 Å². The van der Waals surface area contributed by atoms with Gasteiger partial charge in [0.05, 0.1) is 6.61 Å². The van der Waals surface area contributed by atoms with Crippen LogP contribution < -0.4 is 5.14 Å². The molecule has 0 aliphatic carbocycles. The van der Waals surface area contributed by atoms with Crippen LogP contribution in [0.2, 0.25) is 0 Å². The number of methoxy groups -OCH3 is 1. The highest BCUT2D eigenvalue weighted by Gasteiger charge is 2.12. The Kier molecular flexibility index (Phi) is 6.12. The third kappa shape index (κ3) is 4.88. The first kappa shape index (κ1) is 16.0. The van der Waals surface area contributed by atoms with E-state index in [0.717, 1.165) is 10.4 Å². The Morgan fingerprint density at radius 3 is 2.78 bits per heavy atom. The molecule has 0 bridgehead atoms. The fourth-order valence-electron chi connectivity index (χ4n) is 1.12. The van der Waals surface area contributed by atoms with Gasteiger partial charge in [0.2, 0.25) is 0 Å². The molecule has 8 heteroatoms. The second-order valence-corrected chi connectivity index (χ2v) is 8.06. The Balaban J connectivity index is 2.51. The minimum Gasteiger partial charge on any atom is -0.356 e. The Hall–Kier alpha value is -0.0900. The summed E-state index contributed by atoms with van der Waals surface area (Å²) in [6, 6.07) is 1.75. The summed E-state index contributed by atoms with van der Waals surface area (Å²) in [6.45, 7) is 4.18. The highest BCUT2D eigenvalue weighted by atomic mass is 32.8. The number of thiophene rings is 1. The number of ether oxygens (including phenoxy) is 3. The van der Waals surface area contributed by atoms with Crippen LogP contribution in [0.15, 0.2) is 10.3 Å². The molecular formula is C10H17NO4S3. The Labute approximate surface area is 116 Å². The van der Waals surface area contributed by atoms with E-state index in [1.165, 1.54) is 11.3 Å². The van der Waals surface area contributed by atoms with Crippen LogP contribution in [0.25, 0.3) is 0 Å². The number of rotatable bonds is 7. The zero-order valence-corrected chi connectivity index (χ0v) is 13.0. The van der Waals surface area contributed by atoms with Gasteiger partial charge in [-0.05, 0) is 25.5 Å². The van der Waals surface area contributed by atoms with E-state index in [4.69, 9.17) is 30.5 Å². The van der Waals surface area contributed by atoms with Gasteiger partial charge in [0.1, 0.15) is 19.7 Å². The lowest BCUT2D eigenvalue weighted by molar-refractivity contribution is -0.177. The van der Waals surface area contributed by atoms with Crippen LogP contribution in [-0.2, 0) is 40.7 Å². The summed E-state index contributed by atoms with van der Waals surface area (Å²) in [5, 5.41) is 5.42. The van der Waals surface area contributed by atoms with Gasteiger partial charge in [-0.1, -0.05) is 0 Å². The summed E-state index contributed by atoms with van der Waals surface area (Å²) in [7, 11) is -1.25. The van der Waals surface area contributed by atoms with Crippen LogP contribution in [0.5, 0.6) is 0 Å². The Morgan fingerprint density at radius 1 is 1.61 bits per heavy atom. The third-order valence-electron chi connectivity index (χ3n) is 2.23. The summed E-state index contributed by atoms with van der Waals surface area (Å²) in [5.74, 6) is 0. The highest BCUT2D eigenvalue weighted by Crippen LogP contribution is 2.25. The van der Waals surface area contributed by atoms with Gasteiger partial charge >= 0.3 is 0 Å². The topological polar surface area (TPSA) is 70.8 Å². The van der Waals surface area contributed by atoms with Crippen molar-refractivity contribution in [2.75, 3.05) is 13.9 Å². The van der Waals surface area contributed by atoms with E-state index in [2.05, 4.69) is 0 Å². The van der Waals surface area contributed by atoms with Crippen molar-refractivity contribution in [2.45, 2.75) is 31.0 Å². The number of aryl methyl sites for hydroxylation is 1. The van der Waals surface area contributed by atoms with Crippen molar-refractivity contribution in [1.82, 2.24) is 0 Å². The zero-order chi connectivity index (χ0) is 13.8. The fourth-order valence-corrected chi connectivity index (χ4v) is 3.52. The summed E-state index contributed by atoms with van der Waals surface area (Å²) >= 11 is 6.06. The molecule has 2 N–H and O–H groups in total. The molecule has 2 unspecified atom stereocenters. The largest absolute Gasteiger partial charge is 0.356 e. The Morgan fingerprint density at radius 2 is 2.28 bits per heavy atom. The van der Waals surface area contributed by atoms with Crippen LogP contribution in [0.1, 0.15) is 17.4 Å². The predicted molar refractivity (Wildman–Crippen MR) is 74.2 cm³/mol. The first-order chi connectivity index (χ1) is 8.34. The normalized spacial score (nSPS) is 16.4. The summed E-state index contributed by atoms with van der Waals surface area (Å²) in [5.41, 5.74) is 0.970. The first-order valence-corrected chi connectivity index (χ1v) is 8.55. The standard InChI is InChI=1S/C10H17NO4S3/c1-7-4-10(18(11,12)16)17-9(7)5-14-6-15-8(2)13-3/h4,8H,5-6H2,1-3H3,(H2,11,12,16). The molecule has 0 aliphatic rings. The van der Waals surface area contributed by atoms with Crippen molar-refractivity contribution in [3.63, 3.8) is 0 Å². The lowest BCUT2D eigenvalue weighted by Gasteiger charge is -2.10. The molecule has 0 spiro atoms. The van der Waals surface area contributed by atoms with E-state index < -0.39 is 8.68 Å². The van der Waals surface area contributed by atoms with E-state index in [9.17, 15) is 4.21 Å². The minimum absolute atomic E-state index is 0.132. The van der Waals surface area contributed by atoms with Crippen molar-refractivity contribution in [2.24, 2.45) is 5.14 Å². The van der Waals surface area contributed by atoms with Crippen LogP contribution in [0.4, 0.5) is 0 Å². The zero-order valence-electron chi connectivity index (χ0n) is 10.5. The highest BCUT2D eigenvalue weighted by molar-refractivity contribution is 8.32. The molecule has 0 saturated carbocycles. The van der Waals surface area contributed by atoms with E-state index in [1.54, 1.807) is 20.1 Å². The average molecular weight is 311 g/mol. The minimum atomic E-state index is -2.81. The molecule has 1 aromatic heterocycles. The van der Waals surface area contributed by atoms with Crippen molar-refractivity contribution >= 4 is 31.2 Å². The van der Waals surface area contributed by atoms with Crippen LogP contribution in [-0.4, -0.2) is 24.4 Å². The van der Waals surface area contributed by atoms with E-state index >= 15 is 0 Å². The lowest BCUT2D eigenvalue weighted by atomic mass is 10.3. The van der Waals surface area contributed by atoms with Gasteiger partial charge in [0.15, 0.2) is 6.29 Å². The van der Waals surface area contributed by atoms with Gasteiger partial charge in [-0.25, -0.2) is 9.35 Å². The van der Waals surface area contributed by atoms with E-state index in [-0.39, 0.29) is 13.1 Å². The monoisotopic (exact) mass is 311 g/mol. The van der Waals surface area contributed by atoms with Crippen molar-refractivity contribution in [1.29, 1.82) is 0 Å². The average Bonchev–Trinajstić information content (AvgIpc) is 2.66.